The lowest BCUT2D eigenvalue weighted by atomic mass is 10.1. The summed E-state index contributed by atoms with van der Waals surface area (Å²) >= 11 is 9.42. The quantitative estimate of drug-likeness (QED) is 0.603. The number of halogens is 2. The van der Waals surface area contributed by atoms with Gasteiger partial charge in [0.05, 0.1) is 11.3 Å². The summed E-state index contributed by atoms with van der Waals surface area (Å²) in [5.74, 6) is -0.539. The molecule has 0 spiro atoms. The van der Waals surface area contributed by atoms with Crippen molar-refractivity contribution >= 4 is 44.9 Å². The number of hydrogen-bond acceptors (Lipinski definition) is 2. The van der Waals surface area contributed by atoms with Crippen LogP contribution in [0.5, 0.6) is 0 Å². The molecule has 3 nitrogen and oxygen atoms in total. The van der Waals surface area contributed by atoms with Crippen molar-refractivity contribution in [1.29, 1.82) is 0 Å². The third-order valence-corrected chi connectivity index (χ3v) is 4.44. The van der Waals surface area contributed by atoms with Gasteiger partial charge in [-0.05, 0) is 30.5 Å². The van der Waals surface area contributed by atoms with Crippen molar-refractivity contribution in [1.82, 2.24) is 0 Å². The first-order chi connectivity index (χ1) is 9.08. The fourth-order valence-corrected chi connectivity index (χ4v) is 3.03. The van der Waals surface area contributed by atoms with Crippen molar-refractivity contribution in [3.05, 3.63) is 28.8 Å². The van der Waals surface area contributed by atoms with E-state index in [-0.39, 0.29) is 0 Å². The largest absolute Gasteiger partial charge is 0.304 e. The normalized spacial score (nSPS) is 15.8. The maximum atomic E-state index is 12.0. The summed E-state index contributed by atoms with van der Waals surface area (Å²) in [6, 6.07) is 4.96. The first kappa shape index (κ1) is 14.5. The molecule has 0 aromatic heterocycles. The van der Waals surface area contributed by atoms with Gasteiger partial charge in [0.15, 0.2) is 0 Å². The van der Waals surface area contributed by atoms with Gasteiger partial charge < -0.3 is 4.90 Å². The van der Waals surface area contributed by atoms with Crippen LogP contribution in [0.25, 0.3) is 0 Å². The predicted molar refractivity (Wildman–Crippen MR) is 80.3 cm³/mol. The van der Waals surface area contributed by atoms with E-state index in [1.165, 1.54) is 0 Å². The van der Waals surface area contributed by atoms with Crippen LogP contribution in [0.3, 0.4) is 0 Å². The van der Waals surface area contributed by atoms with Gasteiger partial charge in [0.25, 0.3) is 11.7 Å². The van der Waals surface area contributed by atoms with E-state index in [9.17, 15) is 9.59 Å². The van der Waals surface area contributed by atoms with Gasteiger partial charge in [-0.25, -0.2) is 0 Å². The third-order valence-electron chi connectivity index (χ3n) is 3.29. The van der Waals surface area contributed by atoms with Gasteiger partial charge in [-0.3, -0.25) is 9.59 Å². The number of nitrogens with zero attached hydrogens (tertiary/aromatic N) is 1. The van der Waals surface area contributed by atoms with Crippen LogP contribution in [0.1, 0.15) is 30.1 Å². The third kappa shape index (κ3) is 2.84. The van der Waals surface area contributed by atoms with E-state index in [0.29, 0.717) is 28.7 Å². The molecule has 0 bridgehead atoms. The minimum Gasteiger partial charge on any atom is -0.304 e. The second kappa shape index (κ2) is 6.06. The second-order valence-electron chi connectivity index (χ2n) is 4.72. The van der Waals surface area contributed by atoms with E-state index in [1.54, 1.807) is 23.1 Å². The Balaban J connectivity index is 2.29. The van der Waals surface area contributed by atoms with Crippen molar-refractivity contribution in [2.45, 2.75) is 19.8 Å². The van der Waals surface area contributed by atoms with Crippen molar-refractivity contribution in [3.8, 4) is 0 Å². The highest BCUT2D eigenvalue weighted by molar-refractivity contribution is 9.09. The Bertz CT molecular complexity index is 518. The smallest absolute Gasteiger partial charge is 0.299 e. The summed E-state index contributed by atoms with van der Waals surface area (Å²) in [6.07, 6.45) is 2.06. The fourth-order valence-electron chi connectivity index (χ4n) is 2.33. The van der Waals surface area contributed by atoms with Crippen LogP contribution in [0.15, 0.2) is 18.2 Å². The van der Waals surface area contributed by atoms with Gasteiger partial charge in [-0.1, -0.05) is 40.9 Å². The maximum Gasteiger partial charge on any atom is 0.299 e. The van der Waals surface area contributed by atoms with Gasteiger partial charge in [0, 0.05) is 16.9 Å². The first-order valence-corrected chi connectivity index (χ1v) is 7.80. The Kier molecular flexibility index (Phi) is 4.63. The molecular weight excluding hydrogens is 330 g/mol. The maximum absolute atomic E-state index is 12.0. The summed E-state index contributed by atoms with van der Waals surface area (Å²) in [6.45, 7) is 2.66. The molecule has 5 heteroatoms. The molecule has 1 unspecified atom stereocenters. The molecule has 0 saturated heterocycles. The van der Waals surface area contributed by atoms with Crippen LogP contribution in [-0.4, -0.2) is 23.6 Å². The van der Waals surface area contributed by atoms with Crippen molar-refractivity contribution in [2.75, 3.05) is 16.8 Å². The van der Waals surface area contributed by atoms with E-state index in [0.717, 1.165) is 18.2 Å². The number of alkyl halides is 1. The molecule has 0 fully saturated rings. The number of Topliss-reactive ketones (excluding diaryl/α,β-unsaturated/α-hetero) is 1. The number of carbonyl (C=O) groups is 2. The van der Waals surface area contributed by atoms with Crippen LogP contribution in [0, 0.1) is 5.92 Å². The molecule has 102 valence electrons. The highest BCUT2D eigenvalue weighted by atomic mass is 79.9. The minimum absolute atomic E-state index is 0.340. The number of fused-ring (bicyclic) bond motifs is 1. The van der Waals surface area contributed by atoms with Gasteiger partial charge >= 0.3 is 0 Å². The van der Waals surface area contributed by atoms with Crippen LogP contribution < -0.4 is 4.90 Å². The summed E-state index contributed by atoms with van der Waals surface area (Å²) < 4.78 is 0. The SMILES string of the molecule is CCCC(CBr)CN1C(=O)C(=O)c2ccc(Cl)cc21. The molecular formula is C14H15BrClNO2. The zero-order valence-electron chi connectivity index (χ0n) is 10.7. The first-order valence-electron chi connectivity index (χ1n) is 6.30. The lowest BCUT2D eigenvalue weighted by Crippen LogP contribution is -2.34. The van der Waals surface area contributed by atoms with Crippen LogP contribution in [0.4, 0.5) is 5.69 Å². The number of benzene rings is 1. The molecule has 2 rings (SSSR count). The second-order valence-corrected chi connectivity index (χ2v) is 5.80. The van der Waals surface area contributed by atoms with Gasteiger partial charge in [0.2, 0.25) is 0 Å². The van der Waals surface area contributed by atoms with Crippen LogP contribution >= 0.6 is 27.5 Å². The summed E-state index contributed by atoms with van der Waals surface area (Å²) in [7, 11) is 0. The highest BCUT2D eigenvalue weighted by Gasteiger charge is 2.36. The number of anilines is 1. The van der Waals surface area contributed by atoms with Gasteiger partial charge in [0.1, 0.15) is 0 Å². The molecule has 1 aliphatic rings. The summed E-state index contributed by atoms with van der Waals surface area (Å²) in [4.78, 5) is 25.5. The topological polar surface area (TPSA) is 37.4 Å². The number of ketones is 1. The Labute approximate surface area is 126 Å². The molecule has 1 aromatic carbocycles. The number of rotatable bonds is 5. The number of carbonyl (C=O) groups excluding carboxylic acids is 2. The zero-order chi connectivity index (χ0) is 14.0. The van der Waals surface area contributed by atoms with Gasteiger partial charge in [-0.15, -0.1) is 0 Å². The van der Waals surface area contributed by atoms with Gasteiger partial charge in [-0.2, -0.15) is 0 Å². The van der Waals surface area contributed by atoms with E-state index in [1.807, 2.05) is 0 Å². The van der Waals surface area contributed by atoms with Crippen LogP contribution in [-0.2, 0) is 4.79 Å². The lowest BCUT2D eigenvalue weighted by Gasteiger charge is -2.22. The average Bonchev–Trinajstić information content (AvgIpc) is 2.62. The standard InChI is InChI=1S/C14H15BrClNO2/c1-2-3-9(7-15)8-17-12-6-10(16)4-5-11(12)13(18)14(17)19/h4-6,9H,2-3,7-8H2,1H3. The number of amides is 1. The van der Waals surface area contributed by atoms with E-state index in [2.05, 4.69) is 22.9 Å². The zero-order valence-corrected chi connectivity index (χ0v) is 13.0. The molecule has 0 saturated carbocycles. The van der Waals surface area contributed by atoms with E-state index >= 15 is 0 Å². The molecule has 0 aliphatic carbocycles. The summed E-state index contributed by atoms with van der Waals surface area (Å²) in [5.41, 5.74) is 1.10. The monoisotopic (exact) mass is 343 g/mol. The van der Waals surface area contributed by atoms with Crippen molar-refractivity contribution in [3.63, 3.8) is 0 Å². The Morgan fingerprint density at radius 1 is 1.37 bits per heavy atom. The Hall–Kier alpha value is -0.870. The Morgan fingerprint density at radius 3 is 2.74 bits per heavy atom. The molecule has 1 amide bonds. The van der Waals surface area contributed by atoms with E-state index in [4.69, 9.17) is 11.6 Å². The molecule has 0 radical (unpaired) electrons. The predicted octanol–water partition coefficient (Wildman–Crippen LogP) is 3.68. The average molecular weight is 345 g/mol. The fraction of sp³-hybridized carbons (Fsp3) is 0.429. The lowest BCUT2D eigenvalue weighted by molar-refractivity contribution is -0.114. The molecule has 1 heterocycles. The number of hydrogen-bond donors (Lipinski definition) is 0. The molecule has 19 heavy (non-hydrogen) atoms. The summed E-state index contributed by atoms with van der Waals surface area (Å²) in [5, 5.41) is 1.35. The molecule has 0 N–H and O–H groups in total. The Morgan fingerprint density at radius 2 is 2.11 bits per heavy atom. The van der Waals surface area contributed by atoms with E-state index < -0.39 is 11.7 Å². The molecule has 1 atom stereocenters. The molecule has 1 aromatic rings. The highest BCUT2D eigenvalue weighted by Crippen LogP contribution is 2.32. The van der Waals surface area contributed by atoms with Crippen molar-refractivity contribution < 1.29 is 9.59 Å². The van der Waals surface area contributed by atoms with Crippen molar-refractivity contribution in [2.24, 2.45) is 5.92 Å². The molecule has 1 aliphatic heterocycles. The minimum atomic E-state index is -0.445. The van der Waals surface area contributed by atoms with Crippen LogP contribution in [0.2, 0.25) is 5.02 Å².